The van der Waals surface area contributed by atoms with Crippen LogP contribution in [-0.2, 0) is 10.0 Å². The quantitative estimate of drug-likeness (QED) is 0.806. The maximum absolute atomic E-state index is 12.6. The van der Waals surface area contributed by atoms with Gasteiger partial charge in [0.05, 0.1) is 10.6 Å². The standard InChI is InChI=1S/C16H14N2O2S/c1-12-5-2-3-7-15(12)18-21(19,20)16-8-4-6-13-11-17-10-9-14(13)16/h2-11,18H,1H3. The zero-order chi connectivity index (χ0) is 14.9. The van der Waals surface area contributed by atoms with E-state index >= 15 is 0 Å². The van der Waals surface area contributed by atoms with Crippen molar-refractivity contribution < 1.29 is 8.42 Å². The van der Waals surface area contributed by atoms with Crippen molar-refractivity contribution in [3.8, 4) is 0 Å². The van der Waals surface area contributed by atoms with E-state index in [1.54, 1.807) is 42.7 Å². The van der Waals surface area contributed by atoms with Crippen molar-refractivity contribution in [3.05, 3.63) is 66.5 Å². The maximum atomic E-state index is 12.6. The summed E-state index contributed by atoms with van der Waals surface area (Å²) < 4.78 is 27.9. The molecule has 5 heteroatoms. The van der Waals surface area contributed by atoms with Crippen molar-refractivity contribution in [1.29, 1.82) is 0 Å². The van der Waals surface area contributed by atoms with Crippen molar-refractivity contribution in [1.82, 2.24) is 4.98 Å². The van der Waals surface area contributed by atoms with Gasteiger partial charge in [0.2, 0.25) is 0 Å². The van der Waals surface area contributed by atoms with E-state index in [1.807, 2.05) is 25.1 Å². The number of hydrogen-bond acceptors (Lipinski definition) is 3. The number of nitrogens with one attached hydrogen (secondary N) is 1. The molecule has 0 saturated carbocycles. The minimum atomic E-state index is -3.64. The van der Waals surface area contributed by atoms with E-state index in [1.165, 1.54) is 0 Å². The fourth-order valence-corrected chi connectivity index (χ4v) is 3.58. The molecular formula is C16H14N2O2S. The molecule has 2 aromatic carbocycles. The lowest BCUT2D eigenvalue weighted by molar-refractivity contribution is 0.602. The Morgan fingerprint density at radius 1 is 1.00 bits per heavy atom. The predicted octanol–water partition coefficient (Wildman–Crippen LogP) is 3.34. The average Bonchev–Trinajstić information content (AvgIpc) is 2.49. The van der Waals surface area contributed by atoms with Gasteiger partial charge in [-0.1, -0.05) is 30.3 Å². The van der Waals surface area contributed by atoms with Gasteiger partial charge in [-0.3, -0.25) is 9.71 Å². The van der Waals surface area contributed by atoms with Crippen LogP contribution in [0.5, 0.6) is 0 Å². The summed E-state index contributed by atoms with van der Waals surface area (Å²) in [6.45, 7) is 1.87. The number of aromatic nitrogens is 1. The molecule has 0 aliphatic rings. The first kappa shape index (κ1) is 13.6. The summed E-state index contributed by atoms with van der Waals surface area (Å²) >= 11 is 0. The highest BCUT2D eigenvalue weighted by Crippen LogP contribution is 2.25. The van der Waals surface area contributed by atoms with Crippen molar-refractivity contribution in [2.24, 2.45) is 0 Å². The molecule has 106 valence electrons. The Hall–Kier alpha value is -2.40. The van der Waals surface area contributed by atoms with Gasteiger partial charge >= 0.3 is 0 Å². The number of para-hydroxylation sites is 1. The summed E-state index contributed by atoms with van der Waals surface area (Å²) in [7, 11) is -3.64. The summed E-state index contributed by atoms with van der Waals surface area (Å²) in [5.41, 5.74) is 1.46. The van der Waals surface area contributed by atoms with Crippen LogP contribution in [0.1, 0.15) is 5.56 Å². The van der Waals surface area contributed by atoms with E-state index in [-0.39, 0.29) is 4.90 Å². The second-order valence-corrected chi connectivity index (χ2v) is 6.42. The van der Waals surface area contributed by atoms with E-state index in [2.05, 4.69) is 9.71 Å². The van der Waals surface area contributed by atoms with Gasteiger partial charge in [-0.15, -0.1) is 0 Å². The van der Waals surface area contributed by atoms with Gasteiger partial charge in [0, 0.05) is 23.2 Å². The van der Waals surface area contributed by atoms with Crippen LogP contribution in [0.2, 0.25) is 0 Å². The molecule has 0 fully saturated rings. The molecule has 1 N–H and O–H groups in total. The first-order valence-electron chi connectivity index (χ1n) is 6.49. The molecule has 3 aromatic rings. The van der Waals surface area contributed by atoms with E-state index in [0.29, 0.717) is 11.1 Å². The van der Waals surface area contributed by atoms with Crippen LogP contribution in [0.3, 0.4) is 0 Å². The minimum Gasteiger partial charge on any atom is -0.279 e. The zero-order valence-corrected chi connectivity index (χ0v) is 12.3. The van der Waals surface area contributed by atoms with Gasteiger partial charge in [0.25, 0.3) is 10.0 Å². The lowest BCUT2D eigenvalue weighted by Crippen LogP contribution is -2.14. The maximum Gasteiger partial charge on any atom is 0.262 e. The Morgan fingerprint density at radius 3 is 2.62 bits per heavy atom. The number of sulfonamides is 1. The number of fused-ring (bicyclic) bond motifs is 1. The number of pyridine rings is 1. The number of aryl methyl sites for hydroxylation is 1. The Bertz CT molecular complexity index is 900. The SMILES string of the molecule is Cc1ccccc1NS(=O)(=O)c1cccc2cnccc12. The smallest absolute Gasteiger partial charge is 0.262 e. The summed E-state index contributed by atoms with van der Waals surface area (Å²) in [6, 6.07) is 14.2. The molecule has 0 spiro atoms. The predicted molar refractivity (Wildman–Crippen MR) is 83.7 cm³/mol. The third-order valence-corrected chi connectivity index (χ3v) is 4.74. The molecule has 0 saturated heterocycles. The van der Waals surface area contributed by atoms with Gasteiger partial charge in [-0.25, -0.2) is 8.42 Å². The van der Waals surface area contributed by atoms with E-state index in [9.17, 15) is 8.42 Å². The number of hydrogen-bond donors (Lipinski definition) is 1. The van der Waals surface area contributed by atoms with Crippen LogP contribution in [0.15, 0.2) is 65.8 Å². The molecule has 0 unspecified atom stereocenters. The van der Waals surface area contributed by atoms with Crippen LogP contribution < -0.4 is 4.72 Å². The lowest BCUT2D eigenvalue weighted by Gasteiger charge is -2.12. The van der Waals surface area contributed by atoms with Gasteiger partial charge in [0.1, 0.15) is 0 Å². The number of nitrogens with zero attached hydrogens (tertiary/aromatic N) is 1. The van der Waals surface area contributed by atoms with Crippen molar-refractivity contribution in [3.63, 3.8) is 0 Å². The first-order chi connectivity index (χ1) is 10.1. The molecule has 0 amide bonds. The van der Waals surface area contributed by atoms with Crippen LogP contribution in [-0.4, -0.2) is 13.4 Å². The molecule has 21 heavy (non-hydrogen) atoms. The van der Waals surface area contributed by atoms with Gasteiger partial charge in [-0.05, 0) is 30.7 Å². The van der Waals surface area contributed by atoms with Crippen LogP contribution in [0.25, 0.3) is 10.8 Å². The highest BCUT2D eigenvalue weighted by Gasteiger charge is 2.17. The Balaban J connectivity index is 2.11. The zero-order valence-electron chi connectivity index (χ0n) is 11.4. The van der Waals surface area contributed by atoms with Gasteiger partial charge < -0.3 is 0 Å². The molecule has 0 aliphatic heterocycles. The number of rotatable bonds is 3. The molecule has 0 atom stereocenters. The Morgan fingerprint density at radius 2 is 1.81 bits per heavy atom. The second kappa shape index (κ2) is 5.18. The number of anilines is 1. The summed E-state index contributed by atoms with van der Waals surface area (Å²) in [4.78, 5) is 4.27. The van der Waals surface area contributed by atoms with Gasteiger partial charge in [-0.2, -0.15) is 0 Å². The fraction of sp³-hybridized carbons (Fsp3) is 0.0625. The third-order valence-electron chi connectivity index (χ3n) is 3.32. The van der Waals surface area contributed by atoms with Crippen molar-refractivity contribution >= 4 is 26.5 Å². The largest absolute Gasteiger partial charge is 0.279 e. The number of benzene rings is 2. The average molecular weight is 298 g/mol. The topological polar surface area (TPSA) is 59.1 Å². The molecule has 0 bridgehead atoms. The van der Waals surface area contributed by atoms with Crippen molar-refractivity contribution in [2.75, 3.05) is 4.72 Å². The second-order valence-electron chi connectivity index (χ2n) is 4.77. The summed E-state index contributed by atoms with van der Waals surface area (Å²) in [6.07, 6.45) is 3.25. The van der Waals surface area contributed by atoms with E-state index in [4.69, 9.17) is 0 Å². The molecule has 0 radical (unpaired) electrons. The lowest BCUT2D eigenvalue weighted by atomic mass is 10.2. The Labute approximate surface area is 123 Å². The van der Waals surface area contributed by atoms with Crippen LogP contribution >= 0.6 is 0 Å². The monoisotopic (exact) mass is 298 g/mol. The van der Waals surface area contributed by atoms with Crippen LogP contribution in [0, 0.1) is 6.92 Å². The highest BCUT2D eigenvalue weighted by molar-refractivity contribution is 7.93. The Kier molecular flexibility index (Phi) is 3.35. The van der Waals surface area contributed by atoms with Crippen molar-refractivity contribution in [2.45, 2.75) is 11.8 Å². The molecule has 1 aromatic heterocycles. The van der Waals surface area contributed by atoms with E-state index in [0.717, 1.165) is 10.9 Å². The third kappa shape index (κ3) is 2.60. The summed E-state index contributed by atoms with van der Waals surface area (Å²) in [5.74, 6) is 0. The molecule has 1 heterocycles. The highest BCUT2D eigenvalue weighted by atomic mass is 32.2. The normalized spacial score (nSPS) is 11.5. The first-order valence-corrected chi connectivity index (χ1v) is 7.97. The minimum absolute atomic E-state index is 0.255. The molecular weight excluding hydrogens is 284 g/mol. The van der Waals surface area contributed by atoms with Gasteiger partial charge in [0.15, 0.2) is 0 Å². The molecule has 3 rings (SSSR count). The van der Waals surface area contributed by atoms with E-state index < -0.39 is 10.0 Å². The molecule has 0 aliphatic carbocycles. The fourth-order valence-electron chi connectivity index (χ4n) is 2.21. The molecule has 4 nitrogen and oxygen atoms in total. The van der Waals surface area contributed by atoms with Crippen LogP contribution in [0.4, 0.5) is 5.69 Å². The summed E-state index contributed by atoms with van der Waals surface area (Å²) in [5, 5.41) is 1.46.